The number of hydrogen-bond acceptors (Lipinski definition) is 9. The molecule has 4 saturated carbocycles. The van der Waals surface area contributed by atoms with E-state index in [9.17, 15) is 23.8 Å². The molecule has 3 atom stereocenters. The van der Waals surface area contributed by atoms with Gasteiger partial charge in [-0.1, -0.05) is 5.04 Å². The van der Waals surface area contributed by atoms with Crippen LogP contribution in [0.2, 0.25) is 0 Å². The molecule has 0 aromatic carbocycles. The van der Waals surface area contributed by atoms with E-state index in [0.29, 0.717) is 43.9 Å². The number of esters is 1. The highest BCUT2D eigenvalue weighted by molar-refractivity contribution is 7.96. The smallest absolute Gasteiger partial charge is 0.372 e. The number of carbonyl (C=O) groups is 1. The Kier molecular flexibility index (Phi) is 6.51. The Labute approximate surface area is 171 Å². The highest BCUT2D eigenvalue weighted by Gasteiger charge is 2.61. The topological polar surface area (TPSA) is 115 Å². The maximum atomic E-state index is 14.1. The summed E-state index contributed by atoms with van der Waals surface area (Å²) in [5.74, 6) is 0.108. The lowest BCUT2D eigenvalue weighted by molar-refractivity contribution is -0.433. The van der Waals surface area contributed by atoms with Crippen LogP contribution in [-0.2, 0) is 23.6 Å². The second kappa shape index (κ2) is 8.18. The van der Waals surface area contributed by atoms with E-state index in [1.165, 1.54) is 0 Å². The van der Waals surface area contributed by atoms with E-state index in [2.05, 4.69) is 14.1 Å². The van der Waals surface area contributed by atoms with Gasteiger partial charge in [0.05, 0.1) is 29.7 Å². The predicted molar refractivity (Wildman–Crippen MR) is 96.4 cm³/mol. The monoisotopic (exact) mass is 442 g/mol. The summed E-state index contributed by atoms with van der Waals surface area (Å²) < 4.78 is 40.1. The van der Waals surface area contributed by atoms with Crippen molar-refractivity contribution in [2.75, 3.05) is 13.2 Å². The van der Waals surface area contributed by atoms with Gasteiger partial charge < -0.3 is 19.7 Å². The maximum absolute atomic E-state index is 14.1. The van der Waals surface area contributed by atoms with Gasteiger partial charge in [-0.15, -0.1) is 4.33 Å². The molecule has 0 saturated heterocycles. The number of alkyl halides is 2. The highest BCUT2D eigenvalue weighted by atomic mass is 32.2. The largest absolute Gasteiger partial charge is 0.462 e. The minimum absolute atomic E-state index is 0.149. The van der Waals surface area contributed by atoms with E-state index >= 15 is 0 Å². The second-order valence-electron chi connectivity index (χ2n) is 9.28. The van der Waals surface area contributed by atoms with Gasteiger partial charge in [0.15, 0.2) is 0 Å². The minimum Gasteiger partial charge on any atom is -0.462 e. The first-order valence-electron chi connectivity index (χ1n) is 9.66. The Morgan fingerprint density at radius 3 is 2.38 bits per heavy atom. The average Bonchev–Trinajstić information content (AvgIpc) is 2.60. The van der Waals surface area contributed by atoms with Crippen molar-refractivity contribution in [3.05, 3.63) is 0 Å². The zero-order valence-corrected chi connectivity index (χ0v) is 17.3. The Bertz CT molecular complexity index is 603. The standard InChI is InChI=1S/C18H28F2O8S/c1-15(2,29-28-27-24)18(19,20)26-9-13(21)8-25-14(22)16-4-11-3-12(5-16)7-17(23,6-11)10-16/h11-13,21,23-24H,3-10H2,1-2H3. The third-order valence-corrected chi connectivity index (χ3v) is 7.08. The molecular weight excluding hydrogens is 414 g/mol. The second-order valence-corrected chi connectivity index (χ2v) is 10.6. The average molecular weight is 442 g/mol. The van der Waals surface area contributed by atoms with Crippen molar-refractivity contribution in [3.63, 3.8) is 0 Å². The van der Waals surface area contributed by atoms with Gasteiger partial charge in [0.2, 0.25) is 0 Å². The zero-order chi connectivity index (χ0) is 21.5. The van der Waals surface area contributed by atoms with Gasteiger partial charge in [-0.25, -0.2) is 5.26 Å². The molecule has 4 bridgehead atoms. The summed E-state index contributed by atoms with van der Waals surface area (Å²) in [4.78, 5) is 12.7. The molecule has 0 aliphatic heterocycles. The summed E-state index contributed by atoms with van der Waals surface area (Å²) in [7, 11) is 0. The minimum atomic E-state index is -3.73. The van der Waals surface area contributed by atoms with Crippen LogP contribution in [0.1, 0.15) is 52.4 Å². The predicted octanol–water partition coefficient (Wildman–Crippen LogP) is 2.68. The van der Waals surface area contributed by atoms with E-state index in [1.807, 2.05) is 0 Å². The van der Waals surface area contributed by atoms with E-state index in [4.69, 9.17) is 9.99 Å². The lowest BCUT2D eigenvalue weighted by Crippen LogP contribution is -2.58. The van der Waals surface area contributed by atoms with Gasteiger partial charge in [0.1, 0.15) is 17.5 Å². The van der Waals surface area contributed by atoms with E-state index < -0.39 is 47.2 Å². The van der Waals surface area contributed by atoms with Crippen LogP contribution in [0, 0.1) is 17.3 Å². The van der Waals surface area contributed by atoms with Crippen LogP contribution in [0.25, 0.3) is 0 Å². The van der Waals surface area contributed by atoms with Crippen LogP contribution < -0.4 is 0 Å². The van der Waals surface area contributed by atoms with Crippen LogP contribution in [0.4, 0.5) is 8.78 Å². The summed E-state index contributed by atoms with van der Waals surface area (Å²) in [5, 5.41) is 32.1. The molecule has 11 heteroatoms. The third kappa shape index (κ3) is 4.86. The van der Waals surface area contributed by atoms with Crippen molar-refractivity contribution in [3.8, 4) is 0 Å². The Morgan fingerprint density at radius 1 is 1.21 bits per heavy atom. The third-order valence-electron chi connectivity index (χ3n) is 6.30. The highest BCUT2D eigenvalue weighted by Crippen LogP contribution is 2.62. The first-order chi connectivity index (χ1) is 13.4. The van der Waals surface area contributed by atoms with Gasteiger partial charge in [0, 0.05) is 0 Å². The molecule has 29 heavy (non-hydrogen) atoms. The molecule has 4 aliphatic rings. The van der Waals surface area contributed by atoms with Crippen molar-refractivity contribution < 1.29 is 47.9 Å². The molecule has 8 nitrogen and oxygen atoms in total. The van der Waals surface area contributed by atoms with E-state index in [0.717, 1.165) is 20.3 Å². The molecule has 0 heterocycles. The van der Waals surface area contributed by atoms with Crippen molar-refractivity contribution >= 4 is 18.0 Å². The molecule has 168 valence electrons. The van der Waals surface area contributed by atoms with E-state index in [1.54, 1.807) is 0 Å². The fourth-order valence-electron chi connectivity index (χ4n) is 5.35. The normalized spacial score (nSPS) is 35.0. The Balaban J connectivity index is 1.48. The molecule has 3 N–H and O–H groups in total. The Hall–Kier alpha value is -0.560. The number of ether oxygens (including phenoxy) is 2. The van der Waals surface area contributed by atoms with Gasteiger partial charge >= 0.3 is 12.1 Å². The maximum Gasteiger partial charge on any atom is 0.372 e. The van der Waals surface area contributed by atoms with Crippen LogP contribution in [0.3, 0.4) is 0 Å². The van der Waals surface area contributed by atoms with Crippen LogP contribution in [-0.4, -0.2) is 57.2 Å². The molecule has 4 aliphatic carbocycles. The van der Waals surface area contributed by atoms with Gasteiger partial charge in [-0.3, -0.25) is 4.79 Å². The summed E-state index contributed by atoms with van der Waals surface area (Å²) in [6, 6.07) is 0. The van der Waals surface area contributed by atoms with Crippen LogP contribution in [0.5, 0.6) is 0 Å². The van der Waals surface area contributed by atoms with Crippen LogP contribution in [0.15, 0.2) is 0 Å². The fraction of sp³-hybridized carbons (Fsp3) is 0.944. The summed E-state index contributed by atoms with van der Waals surface area (Å²) in [5.41, 5.74) is -1.57. The van der Waals surface area contributed by atoms with Crippen molar-refractivity contribution in [1.29, 1.82) is 0 Å². The SMILES string of the molecule is CC(C)(SOOO)C(F)(F)OCC(O)COC(=O)C12CC3CC(CC(O)(C3)C1)C2. The number of hydrogen-bond donors (Lipinski definition) is 3. The summed E-state index contributed by atoms with van der Waals surface area (Å²) >= 11 is 0.149. The molecule has 0 spiro atoms. The summed E-state index contributed by atoms with van der Waals surface area (Å²) in [6.45, 7) is 0.947. The number of carbonyl (C=O) groups excluding carboxylic acids is 1. The molecular formula is C18H28F2O8S. The number of rotatable bonds is 10. The Morgan fingerprint density at radius 2 is 1.83 bits per heavy atom. The first kappa shape index (κ1) is 23.1. The van der Waals surface area contributed by atoms with Crippen molar-refractivity contribution in [1.82, 2.24) is 0 Å². The molecule has 4 fully saturated rings. The van der Waals surface area contributed by atoms with E-state index in [-0.39, 0.29) is 12.0 Å². The lowest BCUT2D eigenvalue weighted by atomic mass is 9.48. The van der Waals surface area contributed by atoms with Gasteiger partial charge in [0.25, 0.3) is 0 Å². The quantitative estimate of drug-likeness (QED) is 0.203. The molecule has 4 rings (SSSR count). The molecule has 0 aromatic rings. The lowest BCUT2D eigenvalue weighted by Gasteiger charge is -2.58. The fourth-order valence-corrected chi connectivity index (χ4v) is 5.71. The molecule has 3 unspecified atom stereocenters. The molecule has 0 aromatic heterocycles. The van der Waals surface area contributed by atoms with Gasteiger partial charge in [-0.2, -0.15) is 8.78 Å². The summed E-state index contributed by atoms with van der Waals surface area (Å²) in [6.07, 6.45) is -1.06. The first-order valence-corrected chi connectivity index (χ1v) is 10.4. The number of aliphatic hydroxyl groups excluding tert-OH is 1. The molecule has 0 radical (unpaired) electrons. The van der Waals surface area contributed by atoms with Crippen molar-refractivity contribution in [2.45, 2.75) is 74.9 Å². The number of halogens is 2. The zero-order valence-electron chi connectivity index (χ0n) is 16.4. The van der Waals surface area contributed by atoms with Gasteiger partial charge in [-0.05, 0) is 64.2 Å². The molecule has 0 amide bonds. The van der Waals surface area contributed by atoms with Crippen molar-refractivity contribution in [2.24, 2.45) is 17.3 Å². The van der Waals surface area contributed by atoms with Crippen LogP contribution >= 0.6 is 12.0 Å². The number of aliphatic hydroxyl groups is 2.